The summed E-state index contributed by atoms with van der Waals surface area (Å²) in [5, 5.41) is 0. The molecule has 6 heteroatoms. The quantitative estimate of drug-likeness (QED) is 0.767. The van der Waals surface area contributed by atoms with Crippen LogP contribution in [0, 0.1) is 0 Å². The predicted molar refractivity (Wildman–Crippen MR) is 70.2 cm³/mol. The number of carbonyl (C=O) groups excluding carboxylic acids is 1. The van der Waals surface area contributed by atoms with Crippen LogP contribution in [-0.4, -0.2) is 42.2 Å². The zero-order chi connectivity index (χ0) is 13.7. The molecule has 0 radical (unpaired) electrons. The Morgan fingerprint density at radius 3 is 3.11 bits per heavy atom. The van der Waals surface area contributed by atoms with E-state index in [0.717, 1.165) is 25.8 Å². The highest BCUT2D eigenvalue weighted by Crippen LogP contribution is 2.23. The van der Waals surface area contributed by atoms with Crippen molar-refractivity contribution in [2.24, 2.45) is 0 Å². The molecule has 6 nitrogen and oxygen atoms in total. The Balaban J connectivity index is 2.20. The molecule has 1 aliphatic heterocycles. The van der Waals surface area contributed by atoms with Crippen LogP contribution in [0.1, 0.15) is 26.2 Å². The van der Waals surface area contributed by atoms with Gasteiger partial charge in [-0.1, -0.05) is 0 Å². The second-order valence-electron chi connectivity index (χ2n) is 4.36. The van der Waals surface area contributed by atoms with Crippen molar-refractivity contribution in [2.45, 2.75) is 32.2 Å². The van der Waals surface area contributed by atoms with Gasteiger partial charge in [-0.2, -0.15) is 4.98 Å². The lowest BCUT2D eigenvalue weighted by atomic mass is 10.0. The molecule has 0 N–H and O–H groups in total. The SMILES string of the molecule is CCOC(=O)C1CCCCN1c1nccc(OC)n1. The summed E-state index contributed by atoms with van der Waals surface area (Å²) in [6.45, 7) is 2.96. The highest BCUT2D eigenvalue weighted by atomic mass is 16.5. The first-order chi connectivity index (χ1) is 9.26. The van der Waals surface area contributed by atoms with E-state index >= 15 is 0 Å². The second kappa shape index (κ2) is 6.36. The zero-order valence-electron chi connectivity index (χ0n) is 11.3. The topological polar surface area (TPSA) is 64.5 Å². The molecule has 0 saturated carbocycles. The van der Waals surface area contributed by atoms with Crippen LogP contribution in [0.25, 0.3) is 0 Å². The summed E-state index contributed by atoms with van der Waals surface area (Å²) in [6, 6.07) is 1.40. The van der Waals surface area contributed by atoms with Crippen molar-refractivity contribution in [3.8, 4) is 5.88 Å². The molecule has 0 aliphatic carbocycles. The van der Waals surface area contributed by atoms with Crippen LogP contribution in [0.3, 0.4) is 0 Å². The van der Waals surface area contributed by atoms with E-state index in [0.29, 0.717) is 18.4 Å². The number of methoxy groups -OCH3 is 1. The van der Waals surface area contributed by atoms with E-state index in [1.165, 1.54) is 0 Å². The van der Waals surface area contributed by atoms with Crippen LogP contribution in [0.5, 0.6) is 5.88 Å². The molecule has 2 rings (SSSR count). The average molecular weight is 265 g/mol. The molecule has 1 saturated heterocycles. The van der Waals surface area contributed by atoms with E-state index in [9.17, 15) is 4.79 Å². The summed E-state index contributed by atoms with van der Waals surface area (Å²) in [5.74, 6) is 0.823. The molecule has 1 atom stereocenters. The molecule has 104 valence electrons. The second-order valence-corrected chi connectivity index (χ2v) is 4.36. The highest BCUT2D eigenvalue weighted by molar-refractivity contribution is 5.79. The van der Waals surface area contributed by atoms with E-state index in [-0.39, 0.29) is 12.0 Å². The Bertz CT molecular complexity index is 439. The molecular weight excluding hydrogens is 246 g/mol. The van der Waals surface area contributed by atoms with Crippen LogP contribution >= 0.6 is 0 Å². The maximum Gasteiger partial charge on any atom is 0.328 e. The molecular formula is C13H19N3O3. The number of carbonyl (C=O) groups is 1. The summed E-state index contributed by atoms with van der Waals surface area (Å²) in [5.41, 5.74) is 0. The van der Waals surface area contributed by atoms with Gasteiger partial charge in [0.1, 0.15) is 6.04 Å². The van der Waals surface area contributed by atoms with Crippen LogP contribution in [0.4, 0.5) is 5.95 Å². The van der Waals surface area contributed by atoms with E-state index < -0.39 is 0 Å². The number of anilines is 1. The van der Waals surface area contributed by atoms with Crippen molar-refractivity contribution < 1.29 is 14.3 Å². The van der Waals surface area contributed by atoms with Gasteiger partial charge in [0.15, 0.2) is 0 Å². The van der Waals surface area contributed by atoms with Crippen LogP contribution in [-0.2, 0) is 9.53 Å². The largest absolute Gasteiger partial charge is 0.481 e. The van der Waals surface area contributed by atoms with Crippen molar-refractivity contribution >= 4 is 11.9 Å². The third-order valence-electron chi connectivity index (χ3n) is 3.14. The summed E-state index contributed by atoms with van der Waals surface area (Å²) < 4.78 is 10.2. The number of aromatic nitrogens is 2. The van der Waals surface area contributed by atoms with Gasteiger partial charge in [0.2, 0.25) is 11.8 Å². The fourth-order valence-electron chi connectivity index (χ4n) is 2.24. The molecule has 0 spiro atoms. The van der Waals surface area contributed by atoms with Crippen LogP contribution < -0.4 is 9.64 Å². The van der Waals surface area contributed by atoms with E-state index in [1.54, 1.807) is 19.4 Å². The van der Waals surface area contributed by atoms with Gasteiger partial charge in [-0.05, 0) is 26.2 Å². The molecule has 1 aromatic heterocycles. The molecule has 1 unspecified atom stereocenters. The van der Waals surface area contributed by atoms with Crippen LogP contribution in [0.2, 0.25) is 0 Å². The molecule has 2 heterocycles. The Labute approximate surface area is 112 Å². The fraction of sp³-hybridized carbons (Fsp3) is 0.615. The molecule has 19 heavy (non-hydrogen) atoms. The molecule has 0 aromatic carbocycles. The number of ether oxygens (including phenoxy) is 2. The lowest BCUT2D eigenvalue weighted by Crippen LogP contribution is -2.46. The Hall–Kier alpha value is -1.85. The summed E-state index contributed by atoms with van der Waals surface area (Å²) >= 11 is 0. The van der Waals surface area contributed by atoms with Crippen LogP contribution in [0.15, 0.2) is 12.3 Å². The van der Waals surface area contributed by atoms with Gasteiger partial charge in [-0.3, -0.25) is 0 Å². The fourth-order valence-corrected chi connectivity index (χ4v) is 2.24. The summed E-state index contributed by atoms with van der Waals surface area (Å²) in [6.07, 6.45) is 4.46. The first-order valence-electron chi connectivity index (χ1n) is 6.56. The van der Waals surface area contributed by atoms with E-state index in [1.807, 2.05) is 11.8 Å². The zero-order valence-corrected chi connectivity index (χ0v) is 11.3. The van der Waals surface area contributed by atoms with Gasteiger partial charge in [0.25, 0.3) is 0 Å². The number of hydrogen-bond acceptors (Lipinski definition) is 6. The van der Waals surface area contributed by atoms with E-state index in [2.05, 4.69) is 9.97 Å². The van der Waals surface area contributed by atoms with Crippen molar-refractivity contribution in [3.05, 3.63) is 12.3 Å². The van der Waals surface area contributed by atoms with Gasteiger partial charge in [0, 0.05) is 18.8 Å². The summed E-state index contributed by atoms with van der Waals surface area (Å²) in [4.78, 5) is 22.4. The number of esters is 1. The summed E-state index contributed by atoms with van der Waals surface area (Å²) in [7, 11) is 1.56. The van der Waals surface area contributed by atoms with E-state index in [4.69, 9.17) is 9.47 Å². The minimum atomic E-state index is -0.291. The minimum Gasteiger partial charge on any atom is -0.481 e. The number of nitrogens with zero attached hydrogens (tertiary/aromatic N) is 3. The first-order valence-corrected chi connectivity index (χ1v) is 6.56. The van der Waals surface area contributed by atoms with Gasteiger partial charge in [-0.15, -0.1) is 0 Å². The third kappa shape index (κ3) is 3.13. The normalized spacial score (nSPS) is 19.1. The number of rotatable bonds is 4. The van der Waals surface area contributed by atoms with Crippen molar-refractivity contribution in [2.75, 3.05) is 25.2 Å². The Kier molecular flexibility index (Phi) is 4.54. The van der Waals surface area contributed by atoms with Crippen molar-refractivity contribution in [1.29, 1.82) is 0 Å². The Morgan fingerprint density at radius 2 is 2.37 bits per heavy atom. The first kappa shape index (κ1) is 13.6. The number of piperidine rings is 1. The maximum atomic E-state index is 12.0. The lowest BCUT2D eigenvalue weighted by Gasteiger charge is -2.33. The predicted octanol–water partition coefficient (Wildman–Crippen LogP) is 1.41. The standard InChI is InChI=1S/C13H19N3O3/c1-3-19-12(17)10-6-4-5-9-16(10)13-14-8-7-11(15-13)18-2/h7-8,10H,3-6,9H2,1-2H3. The molecule has 0 amide bonds. The molecule has 1 aliphatic rings. The maximum absolute atomic E-state index is 12.0. The Morgan fingerprint density at radius 1 is 1.53 bits per heavy atom. The highest BCUT2D eigenvalue weighted by Gasteiger charge is 2.31. The molecule has 0 bridgehead atoms. The number of hydrogen-bond donors (Lipinski definition) is 0. The van der Waals surface area contributed by atoms with Gasteiger partial charge < -0.3 is 14.4 Å². The lowest BCUT2D eigenvalue weighted by molar-refractivity contribution is -0.145. The molecule has 1 aromatic rings. The van der Waals surface area contributed by atoms with Gasteiger partial charge >= 0.3 is 5.97 Å². The minimum absolute atomic E-state index is 0.200. The van der Waals surface area contributed by atoms with Crippen molar-refractivity contribution in [1.82, 2.24) is 9.97 Å². The third-order valence-corrected chi connectivity index (χ3v) is 3.14. The smallest absolute Gasteiger partial charge is 0.328 e. The van der Waals surface area contributed by atoms with Gasteiger partial charge in [0.05, 0.1) is 13.7 Å². The van der Waals surface area contributed by atoms with Crippen molar-refractivity contribution in [3.63, 3.8) is 0 Å². The average Bonchev–Trinajstić information content (AvgIpc) is 2.47. The molecule has 1 fully saturated rings. The monoisotopic (exact) mass is 265 g/mol. The van der Waals surface area contributed by atoms with Gasteiger partial charge in [-0.25, -0.2) is 9.78 Å².